The van der Waals surface area contributed by atoms with Crippen LogP contribution in [0.5, 0.6) is 11.5 Å². The maximum absolute atomic E-state index is 13.4. The number of likely N-dealkylation sites (tertiary alicyclic amines) is 1. The van der Waals surface area contributed by atoms with Crippen LogP contribution < -0.4 is 15.0 Å². The number of ether oxygens (including phenoxy) is 2. The maximum atomic E-state index is 13.4. The molecule has 4 aromatic rings. The average Bonchev–Trinajstić information content (AvgIpc) is 3.50. The summed E-state index contributed by atoms with van der Waals surface area (Å²) in [6.45, 7) is 4.44. The first-order valence-corrected chi connectivity index (χ1v) is 14.5. The van der Waals surface area contributed by atoms with Crippen LogP contribution in [0.2, 0.25) is 0 Å². The van der Waals surface area contributed by atoms with Crippen molar-refractivity contribution in [2.45, 2.75) is 38.3 Å². The Bertz CT molecular complexity index is 1580. The molecule has 0 atom stereocenters. The van der Waals surface area contributed by atoms with Crippen LogP contribution in [0.1, 0.15) is 40.7 Å². The molecule has 0 saturated carbocycles. The molecule has 0 radical (unpaired) electrons. The monoisotopic (exact) mass is 552 g/mol. The summed E-state index contributed by atoms with van der Waals surface area (Å²) in [6.07, 6.45) is 7.28. The molecule has 41 heavy (non-hydrogen) atoms. The number of pyridine rings is 2. The Kier molecular flexibility index (Phi) is 8.00. The van der Waals surface area contributed by atoms with Gasteiger partial charge < -0.3 is 18.9 Å². The summed E-state index contributed by atoms with van der Waals surface area (Å²) in [6, 6.07) is 19.7. The zero-order chi connectivity index (χ0) is 28.2. The van der Waals surface area contributed by atoms with Crippen molar-refractivity contribution in [2.75, 3.05) is 32.8 Å². The second kappa shape index (κ2) is 12.1. The molecule has 4 heterocycles. The van der Waals surface area contributed by atoms with Crippen LogP contribution >= 0.6 is 0 Å². The summed E-state index contributed by atoms with van der Waals surface area (Å²) in [5, 5.41) is 0.984. The predicted molar refractivity (Wildman–Crippen MR) is 159 cm³/mol. The van der Waals surface area contributed by atoms with Crippen molar-refractivity contribution in [2.24, 2.45) is 7.05 Å². The van der Waals surface area contributed by atoms with Crippen LogP contribution in [0.15, 0.2) is 77.9 Å². The van der Waals surface area contributed by atoms with Crippen molar-refractivity contribution in [1.82, 2.24) is 19.4 Å². The average molecular weight is 553 g/mol. The van der Waals surface area contributed by atoms with Crippen molar-refractivity contribution in [3.8, 4) is 11.5 Å². The number of aryl methyl sites for hydroxylation is 1. The van der Waals surface area contributed by atoms with Crippen LogP contribution in [0.25, 0.3) is 10.9 Å². The van der Waals surface area contributed by atoms with Crippen LogP contribution in [0.4, 0.5) is 0 Å². The van der Waals surface area contributed by atoms with Gasteiger partial charge in [0, 0.05) is 69.5 Å². The quantitative estimate of drug-likeness (QED) is 0.286. The van der Waals surface area contributed by atoms with E-state index in [4.69, 9.17) is 9.47 Å². The highest BCUT2D eigenvalue weighted by atomic mass is 16.5. The summed E-state index contributed by atoms with van der Waals surface area (Å²) < 4.78 is 13.6. The van der Waals surface area contributed by atoms with E-state index in [9.17, 15) is 9.59 Å². The lowest BCUT2D eigenvalue weighted by molar-refractivity contribution is 0.0596. The number of rotatable bonds is 9. The second-order valence-corrected chi connectivity index (χ2v) is 10.9. The van der Waals surface area contributed by atoms with Gasteiger partial charge in [0.2, 0.25) is 0 Å². The van der Waals surface area contributed by atoms with E-state index in [1.165, 1.54) is 5.56 Å². The molecule has 8 heteroatoms. The van der Waals surface area contributed by atoms with Gasteiger partial charge in [-0.3, -0.25) is 19.5 Å². The van der Waals surface area contributed by atoms with E-state index in [0.29, 0.717) is 24.8 Å². The van der Waals surface area contributed by atoms with E-state index in [1.54, 1.807) is 17.7 Å². The third-order valence-corrected chi connectivity index (χ3v) is 8.30. The molecule has 2 aromatic heterocycles. The highest BCUT2D eigenvalue weighted by Gasteiger charge is 2.30. The van der Waals surface area contributed by atoms with E-state index < -0.39 is 0 Å². The summed E-state index contributed by atoms with van der Waals surface area (Å²) in [7, 11) is 1.78. The Balaban J connectivity index is 1.07. The standard InChI is InChI=1S/C33H36N4O4/c1-35-30-8-7-28(22-26(30)6-9-31(35)38)40-20-3-17-37(23-24-10-15-34-16-11-24)27-12-18-36(19-13-27)33(39)29-5-2-4-25-14-21-41-32(25)29/h2,4-11,15-16,22,27H,3,12-14,17-21,23H2,1H3. The second-order valence-electron chi connectivity index (χ2n) is 10.9. The van der Waals surface area contributed by atoms with E-state index >= 15 is 0 Å². The van der Waals surface area contributed by atoms with E-state index in [0.717, 1.165) is 79.8 Å². The molecular weight excluding hydrogens is 516 g/mol. The summed E-state index contributed by atoms with van der Waals surface area (Å²) in [4.78, 5) is 34.0. The van der Waals surface area contributed by atoms with E-state index in [1.807, 2.05) is 53.7 Å². The fraction of sp³-hybridized carbons (Fsp3) is 0.364. The van der Waals surface area contributed by atoms with Gasteiger partial charge in [0.05, 0.1) is 24.3 Å². The fourth-order valence-electron chi connectivity index (χ4n) is 6.01. The van der Waals surface area contributed by atoms with Gasteiger partial charge in [-0.25, -0.2) is 0 Å². The molecule has 0 N–H and O–H groups in total. The first-order chi connectivity index (χ1) is 20.1. The van der Waals surface area contributed by atoms with E-state index in [2.05, 4.69) is 28.1 Å². The number of hydrogen-bond acceptors (Lipinski definition) is 6. The Morgan fingerprint density at radius 3 is 2.73 bits per heavy atom. The molecule has 8 nitrogen and oxygen atoms in total. The Morgan fingerprint density at radius 2 is 1.90 bits per heavy atom. The Hall–Kier alpha value is -4.17. The molecule has 1 amide bonds. The Morgan fingerprint density at radius 1 is 1.07 bits per heavy atom. The lowest BCUT2D eigenvalue weighted by Crippen LogP contribution is -2.47. The Labute approximate surface area is 240 Å². The molecule has 2 aliphatic heterocycles. The first kappa shape index (κ1) is 27.0. The number of amides is 1. The van der Waals surface area contributed by atoms with Gasteiger partial charge in [0.25, 0.3) is 11.5 Å². The van der Waals surface area contributed by atoms with Gasteiger partial charge >= 0.3 is 0 Å². The molecule has 212 valence electrons. The van der Waals surface area contributed by atoms with Gasteiger partial charge in [-0.1, -0.05) is 12.1 Å². The molecule has 0 aliphatic carbocycles. The van der Waals surface area contributed by atoms with E-state index in [-0.39, 0.29) is 11.5 Å². The molecular formula is C33H36N4O4. The van der Waals surface area contributed by atoms with Crippen molar-refractivity contribution in [3.63, 3.8) is 0 Å². The maximum Gasteiger partial charge on any atom is 0.257 e. The lowest BCUT2D eigenvalue weighted by atomic mass is 10.00. The SMILES string of the molecule is Cn1c(=O)ccc2cc(OCCCN(Cc3ccncc3)C3CCN(C(=O)c4cccc5c4OCC5)CC3)ccc21. The third kappa shape index (κ3) is 5.98. The molecule has 0 spiro atoms. The smallest absolute Gasteiger partial charge is 0.257 e. The number of carbonyl (C=O) groups is 1. The highest BCUT2D eigenvalue weighted by molar-refractivity contribution is 5.97. The van der Waals surface area contributed by atoms with Crippen LogP contribution in [-0.4, -0.2) is 64.1 Å². The summed E-state index contributed by atoms with van der Waals surface area (Å²) in [5.41, 5.74) is 3.93. The predicted octanol–water partition coefficient (Wildman–Crippen LogP) is 4.44. The first-order valence-electron chi connectivity index (χ1n) is 14.5. The van der Waals surface area contributed by atoms with Crippen molar-refractivity contribution in [3.05, 3.63) is 100 Å². The zero-order valence-electron chi connectivity index (χ0n) is 23.5. The largest absolute Gasteiger partial charge is 0.494 e. The van der Waals surface area contributed by atoms with Gasteiger partial charge in [0.1, 0.15) is 11.5 Å². The van der Waals surface area contributed by atoms with Crippen molar-refractivity contribution < 1.29 is 14.3 Å². The van der Waals surface area contributed by atoms with Gasteiger partial charge in [-0.15, -0.1) is 0 Å². The lowest BCUT2D eigenvalue weighted by Gasteiger charge is -2.39. The highest BCUT2D eigenvalue weighted by Crippen LogP contribution is 2.31. The van der Waals surface area contributed by atoms with Gasteiger partial charge in [-0.2, -0.15) is 0 Å². The molecule has 2 aliphatic rings. The van der Waals surface area contributed by atoms with Crippen molar-refractivity contribution in [1.29, 1.82) is 0 Å². The fourth-order valence-corrected chi connectivity index (χ4v) is 6.01. The summed E-state index contributed by atoms with van der Waals surface area (Å²) >= 11 is 0. The molecule has 1 saturated heterocycles. The molecule has 0 unspecified atom stereocenters. The normalized spacial score (nSPS) is 15.2. The van der Waals surface area contributed by atoms with Crippen molar-refractivity contribution >= 4 is 16.8 Å². The minimum absolute atomic E-state index is 0.0201. The molecule has 0 bridgehead atoms. The van der Waals surface area contributed by atoms with Gasteiger partial charge in [-0.05, 0) is 72.9 Å². The number of fused-ring (bicyclic) bond motifs is 2. The van der Waals surface area contributed by atoms with Crippen LogP contribution in [0.3, 0.4) is 0 Å². The third-order valence-electron chi connectivity index (χ3n) is 8.30. The van der Waals surface area contributed by atoms with Crippen LogP contribution in [0, 0.1) is 0 Å². The number of hydrogen-bond donors (Lipinski definition) is 0. The molecule has 6 rings (SSSR count). The zero-order valence-corrected chi connectivity index (χ0v) is 23.5. The topological polar surface area (TPSA) is 76.9 Å². The molecule has 1 fully saturated rings. The number of aromatic nitrogens is 2. The number of carbonyl (C=O) groups excluding carboxylic acids is 1. The minimum Gasteiger partial charge on any atom is -0.494 e. The van der Waals surface area contributed by atoms with Gasteiger partial charge in [0.15, 0.2) is 0 Å². The number of nitrogens with zero attached hydrogens (tertiary/aromatic N) is 4. The minimum atomic E-state index is -0.0201. The summed E-state index contributed by atoms with van der Waals surface area (Å²) in [5.74, 6) is 1.65. The number of piperidine rings is 1. The number of benzene rings is 2. The molecule has 2 aromatic carbocycles. The van der Waals surface area contributed by atoms with Crippen LogP contribution in [-0.2, 0) is 20.0 Å². The number of para-hydroxylation sites is 1.